The van der Waals surface area contributed by atoms with Crippen LogP contribution in [0.3, 0.4) is 0 Å². The fourth-order valence-corrected chi connectivity index (χ4v) is 1.83. The quantitative estimate of drug-likeness (QED) is 0.838. The summed E-state index contributed by atoms with van der Waals surface area (Å²) in [5.41, 5.74) is 1.10. The van der Waals surface area contributed by atoms with Gasteiger partial charge in [-0.05, 0) is 19.1 Å². The Kier molecular flexibility index (Phi) is 2.96. The Morgan fingerprint density at radius 1 is 1.50 bits per heavy atom. The summed E-state index contributed by atoms with van der Waals surface area (Å²) >= 11 is 1.68. The molecule has 0 aliphatic heterocycles. The van der Waals surface area contributed by atoms with Crippen molar-refractivity contribution in [3.63, 3.8) is 0 Å². The van der Waals surface area contributed by atoms with Gasteiger partial charge in [-0.1, -0.05) is 0 Å². The number of aryl methyl sites for hydroxylation is 1. The van der Waals surface area contributed by atoms with Gasteiger partial charge in [-0.2, -0.15) is 0 Å². The smallest absolute Gasteiger partial charge is 0.117 e. The van der Waals surface area contributed by atoms with Gasteiger partial charge in [0.2, 0.25) is 0 Å². The minimum atomic E-state index is 0.754. The first kappa shape index (κ1) is 9.43. The van der Waals surface area contributed by atoms with Crippen LogP contribution in [0.25, 0.3) is 0 Å². The second kappa shape index (κ2) is 4.39. The predicted octanol–water partition coefficient (Wildman–Crippen LogP) is 2.33. The number of thiazole rings is 1. The molecule has 0 aromatic carbocycles. The molecule has 14 heavy (non-hydrogen) atoms. The summed E-state index contributed by atoms with van der Waals surface area (Å²) in [5.74, 6) is 0.956. The van der Waals surface area contributed by atoms with Crippen LogP contribution in [0.4, 0.5) is 0 Å². The number of aromatic nitrogens is 1. The van der Waals surface area contributed by atoms with E-state index in [0.717, 1.165) is 29.6 Å². The molecule has 2 aromatic rings. The van der Waals surface area contributed by atoms with Crippen LogP contribution in [0.5, 0.6) is 0 Å². The van der Waals surface area contributed by atoms with Crippen molar-refractivity contribution in [3.05, 3.63) is 40.2 Å². The molecule has 2 heterocycles. The number of furan rings is 1. The molecule has 0 aliphatic carbocycles. The summed E-state index contributed by atoms with van der Waals surface area (Å²) < 4.78 is 5.20. The van der Waals surface area contributed by atoms with E-state index in [0.29, 0.717) is 0 Å². The molecule has 74 valence electrons. The zero-order valence-electron chi connectivity index (χ0n) is 7.99. The summed E-state index contributed by atoms with van der Waals surface area (Å²) in [4.78, 5) is 4.35. The van der Waals surface area contributed by atoms with Gasteiger partial charge in [0.25, 0.3) is 0 Å². The topological polar surface area (TPSA) is 38.1 Å². The SMILES string of the molecule is Cc1nc(CNCc2ccco2)cs1. The molecule has 2 rings (SSSR count). The first-order chi connectivity index (χ1) is 6.84. The Hall–Kier alpha value is -1.13. The maximum absolute atomic E-state index is 5.20. The molecule has 0 radical (unpaired) electrons. The lowest BCUT2D eigenvalue weighted by molar-refractivity contribution is 0.482. The average molecular weight is 208 g/mol. The maximum atomic E-state index is 5.20. The third kappa shape index (κ3) is 2.43. The summed E-state index contributed by atoms with van der Waals surface area (Å²) in [6.45, 7) is 3.56. The molecule has 4 heteroatoms. The number of nitrogens with zero attached hydrogens (tertiary/aromatic N) is 1. The van der Waals surface area contributed by atoms with Crippen molar-refractivity contribution in [2.75, 3.05) is 0 Å². The lowest BCUT2D eigenvalue weighted by atomic mass is 10.4. The lowest BCUT2D eigenvalue weighted by Crippen LogP contribution is -2.12. The normalized spacial score (nSPS) is 10.6. The van der Waals surface area contributed by atoms with Crippen LogP contribution in [-0.2, 0) is 13.1 Å². The summed E-state index contributed by atoms with van der Waals surface area (Å²) in [5, 5.41) is 6.45. The van der Waals surface area contributed by atoms with Crippen molar-refractivity contribution in [1.82, 2.24) is 10.3 Å². The Bertz CT molecular complexity index is 380. The predicted molar refractivity (Wildman–Crippen MR) is 56.1 cm³/mol. The first-order valence-electron chi connectivity index (χ1n) is 4.49. The van der Waals surface area contributed by atoms with Crippen LogP contribution in [0.15, 0.2) is 28.2 Å². The zero-order chi connectivity index (χ0) is 9.80. The molecule has 0 spiro atoms. The largest absolute Gasteiger partial charge is 0.468 e. The molecule has 0 atom stereocenters. The molecule has 0 saturated carbocycles. The van der Waals surface area contributed by atoms with Gasteiger partial charge >= 0.3 is 0 Å². The molecule has 0 amide bonds. The molecule has 0 fully saturated rings. The van der Waals surface area contributed by atoms with E-state index in [1.807, 2.05) is 19.1 Å². The summed E-state index contributed by atoms with van der Waals surface area (Å²) in [6.07, 6.45) is 1.68. The van der Waals surface area contributed by atoms with Gasteiger partial charge in [-0.3, -0.25) is 0 Å². The van der Waals surface area contributed by atoms with Crippen molar-refractivity contribution in [2.24, 2.45) is 0 Å². The highest BCUT2D eigenvalue weighted by Crippen LogP contribution is 2.07. The van der Waals surface area contributed by atoms with Crippen molar-refractivity contribution >= 4 is 11.3 Å². The molecule has 0 unspecified atom stereocenters. The van der Waals surface area contributed by atoms with Crippen LogP contribution in [-0.4, -0.2) is 4.98 Å². The number of hydrogen-bond donors (Lipinski definition) is 1. The molecule has 0 saturated heterocycles. The van der Waals surface area contributed by atoms with E-state index in [2.05, 4.69) is 15.7 Å². The van der Waals surface area contributed by atoms with Gasteiger partial charge < -0.3 is 9.73 Å². The average Bonchev–Trinajstić information content (AvgIpc) is 2.77. The highest BCUT2D eigenvalue weighted by atomic mass is 32.1. The second-order valence-corrected chi connectivity index (χ2v) is 4.10. The monoisotopic (exact) mass is 208 g/mol. The molecular formula is C10H12N2OS. The van der Waals surface area contributed by atoms with E-state index in [1.54, 1.807) is 17.6 Å². The highest BCUT2D eigenvalue weighted by molar-refractivity contribution is 7.09. The fraction of sp³-hybridized carbons (Fsp3) is 0.300. The number of hydrogen-bond acceptors (Lipinski definition) is 4. The minimum absolute atomic E-state index is 0.754. The molecular weight excluding hydrogens is 196 g/mol. The van der Waals surface area contributed by atoms with E-state index in [4.69, 9.17) is 4.42 Å². The Labute approximate surface area is 86.8 Å². The maximum Gasteiger partial charge on any atom is 0.117 e. The van der Waals surface area contributed by atoms with E-state index < -0.39 is 0 Å². The Morgan fingerprint density at radius 2 is 2.43 bits per heavy atom. The standard InChI is InChI=1S/C10H12N2OS/c1-8-12-9(7-14-8)5-11-6-10-3-2-4-13-10/h2-4,7,11H,5-6H2,1H3. The van der Waals surface area contributed by atoms with Gasteiger partial charge in [-0.15, -0.1) is 11.3 Å². The van der Waals surface area contributed by atoms with Gasteiger partial charge in [-0.25, -0.2) is 4.98 Å². The fourth-order valence-electron chi connectivity index (χ4n) is 1.22. The first-order valence-corrected chi connectivity index (χ1v) is 5.36. The molecule has 2 aromatic heterocycles. The minimum Gasteiger partial charge on any atom is -0.468 e. The van der Waals surface area contributed by atoms with Gasteiger partial charge in [0.05, 0.1) is 23.5 Å². The van der Waals surface area contributed by atoms with Gasteiger partial charge in [0.15, 0.2) is 0 Å². The third-order valence-electron chi connectivity index (χ3n) is 1.85. The van der Waals surface area contributed by atoms with E-state index in [9.17, 15) is 0 Å². The molecule has 1 N–H and O–H groups in total. The van der Waals surface area contributed by atoms with Gasteiger partial charge in [0.1, 0.15) is 5.76 Å². The molecule has 0 aliphatic rings. The summed E-state index contributed by atoms with van der Waals surface area (Å²) in [6, 6.07) is 3.85. The molecule has 3 nitrogen and oxygen atoms in total. The zero-order valence-corrected chi connectivity index (χ0v) is 8.80. The van der Waals surface area contributed by atoms with Gasteiger partial charge in [0, 0.05) is 11.9 Å². The van der Waals surface area contributed by atoms with Crippen molar-refractivity contribution in [3.8, 4) is 0 Å². The second-order valence-electron chi connectivity index (χ2n) is 3.04. The van der Waals surface area contributed by atoms with E-state index >= 15 is 0 Å². The van der Waals surface area contributed by atoms with Crippen LogP contribution in [0, 0.1) is 6.92 Å². The van der Waals surface area contributed by atoms with Crippen LogP contribution < -0.4 is 5.32 Å². The van der Waals surface area contributed by atoms with Crippen LogP contribution in [0.1, 0.15) is 16.5 Å². The molecule has 0 bridgehead atoms. The Morgan fingerprint density at radius 3 is 3.07 bits per heavy atom. The number of rotatable bonds is 4. The van der Waals surface area contributed by atoms with E-state index in [-0.39, 0.29) is 0 Å². The summed E-state index contributed by atoms with van der Waals surface area (Å²) in [7, 11) is 0. The Balaban J connectivity index is 1.78. The highest BCUT2D eigenvalue weighted by Gasteiger charge is 1.98. The third-order valence-corrected chi connectivity index (χ3v) is 2.67. The number of nitrogens with one attached hydrogen (secondary N) is 1. The van der Waals surface area contributed by atoms with Crippen molar-refractivity contribution in [1.29, 1.82) is 0 Å². The van der Waals surface area contributed by atoms with Crippen molar-refractivity contribution < 1.29 is 4.42 Å². The lowest BCUT2D eigenvalue weighted by Gasteiger charge is -1.98. The van der Waals surface area contributed by atoms with E-state index in [1.165, 1.54) is 0 Å². The van der Waals surface area contributed by atoms with Crippen LogP contribution >= 0.6 is 11.3 Å². The van der Waals surface area contributed by atoms with Crippen molar-refractivity contribution in [2.45, 2.75) is 20.0 Å². The van der Waals surface area contributed by atoms with Crippen LogP contribution in [0.2, 0.25) is 0 Å².